The lowest BCUT2D eigenvalue weighted by atomic mass is 10.1. The van der Waals surface area contributed by atoms with E-state index in [4.69, 9.17) is 10.2 Å². The maximum absolute atomic E-state index is 6.29. The van der Waals surface area contributed by atoms with Gasteiger partial charge in [-0.3, -0.25) is 4.68 Å². The molecule has 1 aromatic carbocycles. The standard InChI is InChI=1S/C15H17N3O/c1-9-4-5-13-11(6-9)7-14(19-13)15(16)12-8-18(3)17-10(12)2/h4-8,15H,16H2,1-3H3. The summed E-state index contributed by atoms with van der Waals surface area (Å²) >= 11 is 0. The largest absolute Gasteiger partial charge is 0.459 e. The summed E-state index contributed by atoms with van der Waals surface area (Å²) < 4.78 is 7.62. The van der Waals surface area contributed by atoms with Crippen LogP contribution in [0.25, 0.3) is 11.0 Å². The van der Waals surface area contributed by atoms with Gasteiger partial charge >= 0.3 is 0 Å². The van der Waals surface area contributed by atoms with Crippen molar-refractivity contribution in [2.45, 2.75) is 19.9 Å². The van der Waals surface area contributed by atoms with Gasteiger partial charge in [0.25, 0.3) is 0 Å². The molecule has 19 heavy (non-hydrogen) atoms. The van der Waals surface area contributed by atoms with Crippen molar-refractivity contribution in [2.24, 2.45) is 12.8 Å². The van der Waals surface area contributed by atoms with Crippen LogP contribution in [-0.2, 0) is 7.05 Å². The van der Waals surface area contributed by atoms with Crippen LogP contribution in [0.4, 0.5) is 0 Å². The van der Waals surface area contributed by atoms with E-state index in [2.05, 4.69) is 18.1 Å². The monoisotopic (exact) mass is 255 g/mol. The molecule has 0 fully saturated rings. The Bertz CT molecular complexity index is 739. The minimum atomic E-state index is -0.276. The number of hydrogen-bond acceptors (Lipinski definition) is 3. The summed E-state index contributed by atoms with van der Waals surface area (Å²) in [6.45, 7) is 4.03. The molecule has 1 unspecified atom stereocenters. The zero-order valence-corrected chi connectivity index (χ0v) is 11.3. The number of rotatable bonds is 2. The maximum Gasteiger partial charge on any atom is 0.134 e. The molecule has 1 atom stereocenters. The number of hydrogen-bond donors (Lipinski definition) is 1. The Labute approximate surface area is 111 Å². The topological polar surface area (TPSA) is 57.0 Å². The first-order valence-corrected chi connectivity index (χ1v) is 6.30. The van der Waals surface area contributed by atoms with E-state index in [-0.39, 0.29) is 6.04 Å². The number of aryl methyl sites for hydroxylation is 3. The molecule has 0 bridgehead atoms. The van der Waals surface area contributed by atoms with Crippen molar-refractivity contribution < 1.29 is 4.42 Å². The SMILES string of the molecule is Cc1ccc2oc(C(N)c3cn(C)nc3C)cc2c1. The summed E-state index contributed by atoms with van der Waals surface area (Å²) in [4.78, 5) is 0. The molecule has 2 aromatic heterocycles. The van der Waals surface area contributed by atoms with Gasteiger partial charge in [0.1, 0.15) is 11.3 Å². The lowest BCUT2D eigenvalue weighted by Gasteiger charge is -2.06. The molecular weight excluding hydrogens is 238 g/mol. The van der Waals surface area contributed by atoms with E-state index in [1.165, 1.54) is 5.56 Å². The first-order chi connectivity index (χ1) is 9.04. The summed E-state index contributed by atoms with van der Waals surface area (Å²) in [5.41, 5.74) is 10.3. The fourth-order valence-electron chi connectivity index (χ4n) is 2.41. The van der Waals surface area contributed by atoms with E-state index in [1.807, 2.05) is 38.4 Å². The third kappa shape index (κ3) is 2.04. The molecular formula is C15H17N3O. The van der Waals surface area contributed by atoms with Gasteiger partial charge in [-0.05, 0) is 32.0 Å². The molecule has 0 aliphatic heterocycles. The van der Waals surface area contributed by atoms with Crippen LogP contribution >= 0.6 is 0 Å². The third-order valence-corrected chi connectivity index (χ3v) is 3.38. The van der Waals surface area contributed by atoms with Crippen LogP contribution in [0.5, 0.6) is 0 Å². The van der Waals surface area contributed by atoms with Gasteiger partial charge in [-0.2, -0.15) is 5.10 Å². The molecule has 3 aromatic rings. The van der Waals surface area contributed by atoms with Crippen molar-refractivity contribution in [1.29, 1.82) is 0 Å². The molecule has 0 saturated heterocycles. The van der Waals surface area contributed by atoms with Crippen molar-refractivity contribution in [3.05, 3.63) is 53.0 Å². The minimum absolute atomic E-state index is 0.276. The Balaban J connectivity index is 2.06. The Morgan fingerprint density at radius 2 is 2.05 bits per heavy atom. The Morgan fingerprint density at radius 1 is 1.26 bits per heavy atom. The van der Waals surface area contributed by atoms with Crippen molar-refractivity contribution in [3.8, 4) is 0 Å². The highest BCUT2D eigenvalue weighted by molar-refractivity contribution is 5.78. The van der Waals surface area contributed by atoms with Gasteiger partial charge in [0, 0.05) is 24.2 Å². The Morgan fingerprint density at radius 3 is 2.74 bits per heavy atom. The second kappa shape index (κ2) is 4.24. The summed E-state index contributed by atoms with van der Waals surface area (Å²) in [7, 11) is 1.89. The molecule has 0 aliphatic rings. The minimum Gasteiger partial charge on any atom is -0.459 e. The molecule has 0 aliphatic carbocycles. The number of fused-ring (bicyclic) bond motifs is 1. The molecule has 0 amide bonds. The number of aromatic nitrogens is 2. The molecule has 4 nitrogen and oxygen atoms in total. The first kappa shape index (κ1) is 12.0. The number of nitrogens with zero attached hydrogens (tertiary/aromatic N) is 2. The molecule has 3 rings (SSSR count). The average molecular weight is 255 g/mol. The predicted molar refractivity (Wildman–Crippen MR) is 74.9 cm³/mol. The highest BCUT2D eigenvalue weighted by Crippen LogP contribution is 2.28. The van der Waals surface area contributed by atoms with Crippen LogP contribution < -0.4 is 5.73 Å². The molecule has 0 saturated carbocycles. The summed E-state index contributed by atoms with van der Waals surface area (Å²) in [5.74, 6) is 0.775. The fourth-order valence-corrected chi connectivity index (χ4v) is 2.41. The molecule has 2 heterocycles. The normalized spacial score (nSPS) is 13.1. The van der Waals surface area contributed by atoms with Gasteiger partial charge in [-0.15, -0.1) is 0 Å². The van der Waals surface area contributed by atoms with Crippen molar-refractivity contribution in [1.82, 2.24) is 9.78 Å². The fraction of sp³-hybridized carbons (Fsp3) is 0.267. The van der Waals surface area contributed by atoms with Crippen molar-refractivity contribution in [2.75, 3.05) is 0 Å². The molecule has 2 N–H and O–H groups in total. The molecule has 0 spiro atoms. The van der Waals surface area contributed by atoms with E-state index < -0.39 is 0 Å². The molecule has 0 radical (unpaired) electrons. The molecule has 98 valence electrons. The van der Waals surface area contributed by atoms with E-state index >= 15 is 0 Å². The van der Waals surface area contributed by atoms with Crippen LogP contribution in [0.15, 0.2) is 34.9 Å². The highest BCUT2D eigenvalue weighted by Gasteiger charge is 2.18. The first-order valence-electron chi connectivity index (χ1n) is 6.30. The van der Waals surface area contributed by atoms with Crippen LogP contribution in [0.2, 0.25) is 0 Å². The zero-order valence-electron chi connectivity index (χ0n) is 11.3. The zero-order chi connectivity index (χ0) is 13.6. The van der Waals surface area contributed by atoms with Gasteiger partial charge in [-0.25, -0.2) is 0 Å². The van der Waals surface area contributed by atoms with Gasteiger partial charge in [-0.1, -0.05) is 11.6 Å². The quantitative estimate of drug-likeness (QED) is 0.766. The summed E-state index contributed by atoms with van der Waals surface area (Å²) in [6.07, 6.45) is 1.94. The van der Waals surface area contributed by atoms with Crippen LogP contribution in [-0.4, -0.2) is 9.78 Å². The van der Waals surface area contributed by atoms with E-state index in [9.17, 15) is 0 Å². The van der Waals surface area contributed by atoms with Crippen LogP contribution in [0.3, 0.4) is 0 Å². The highest BCUT2D eigenvalue weighted by atomic mass is 16.3. The van der Waals surface area contributed by atoms with Crippen LogP contribution in [0.1, 0.15) is 28.6 Å². The summed E-state index contributed by atoms with van der Waals surface area (Å²) in [6, 6.07) is 7.86. The van der Waals surface area contributed by atoms with Crippen LogP contribution in [0, 0.1) is 13.8 Å². The van der Waals surface area contributed by atoms with Gasteiger partial charge in [0.05, 0.1) is 11.7 Å². The van der Waals surface area contributed by atoms with E-state index in [0.29, 0.717) is 0 Å². The van der Waals surface area contributed by atoms with Crippen molar-refractivity contribution in [3.63, 3.8) is 0 Å². The average Bonchev–Trinajstić information content (AvgIpc) is 2.91. The molecule has 4 heteroatoms. The second-order valence-electron chi connectivity index (χ2n) is 5.01. The van der Waals surface area contributed by atoms with Crippen molar-refractivity contribution >= 4 is 11.0 Å². The predicted octanol–water partition coefficient (Wildman–Crippen LogP) is 2.83. The van der Waals surface area contributed by atoms with Gasteiger partial charge in [0.15, 0.2) is 0 Å². The van der Waals surface area contributed by atoms with Gasteiger partial charge in [0.2, 0.25) is 0 Å². The second-order valence-corrected chi connectivity index (χ2v) is 5.01. The van der Waals surface area contributed by atoms with E-state index in [0.717, 1.165) is 28.0 Å². The smallest absolute Gasteiger partial charge is 0.134 e. The maximum atomic E-state index is 6.29. The number of benzene rings is 1. The lowest BCUT2D eigenvalue weighted by molar-refractivity contribution is 0.524. The Hall–Kier alpha value is -2.07. The number of nitrogens with two attached hydrogens (primary N) is 1. The number of furan rings is 1. The third-order valence-electron chi connectivity index (χ3n) is 3.38. The Kier molecular flexibility index (Phi) is 2.68. The lowest BCUT2D eigenvalue weighted by Crippen LogP contribution is -2.11. The van der Waals surface area contributed by atoms with Gasteiger partial charge < -0.3 is 10.2 Å². The summed E-state index contributed by atoms with van der Waals surface area (Å²) in [5, 5.41) is 5.41. The van der Waals surface area contributed by atoms with E-state index in [1.54, 1.807) is 4.68 Å².